The van der Waals surface area contributed by atoms with Crippen molar-refractivity contribution in [2.75, 3.05) is 18.6 Å². The molecule has 118 valence electrons. The summed E-state index contributed by atoms with van der Waals surface area (Å²) >= 11 is 0. The van der Waals surface area contributed by atoms with Crippen molar-refractivity contribution < 1.29 is 9.66 Å². The molecule has 2 rings (SSSR count). The molecule has 0 spiro atoms. The van der Waals surface area contributed by atoms with Crippen LogP contribution in [0.3, 0.4) is 0 Å². The average molecular weight is 311 g/mol. The lowest BCUT2D eigenvalue weighted by molar-refractivity contribution is -0.384. The van der Waals surface area contributed by atoms with Gasteiger partial charge in [-0.3, -0.25) is 10.1 Å². The van der Waals surface area contributed by atoms with Crippen LogP contribution in [0.5, 0.6) is 5.75 Å². The number of nitro groups is 1. The number of hydrogen-bond acceptors (Lipinski definition) is 5. The maximum atomic E-state index is 10.8. The Morgan fingerprint density at radius 2 is 1.96 bits per heavy atom. The molecule has 0 aliphatic rings. The first-order valence-electron chi connectivity index (χ1n) is 7.15. The summed E-state index contributed by atoms with van der Waals surface area (Å²) in [6.07, 6.45) is 0. The van der Waals surface area contributed by atoms with E-state index in [4.69, 9.17) is 4.74 Å². The van der Waals surface area contributed by atoms with E-state index < -0.39 is 4.92 Å². The first-order chi connectivity index (χ1) is 11.1. The minimum atomic E-state index is -0.496. The van der Waals surface area contributed by atoms with E-state index in [0.29, 0.717) is 24.3 Å². The highest BCUT2D eigenvalue weighted by molar-refractivity contribution is 5.63. The van der Waals surface area contributed by atoms with E-state index in [2.05, 4.69) is 0 Å². The van der Waals surface area contributed by atoms with Crippen molar-refractivity contribution in [3.63, 3.8) is 0 Å². The summed E-state index contributed by atoms with van der Waals surface area (Å²) in [6, 6.07) is 14.1. The first kappa shape index (κ1) is 16.3. The molecule has 6 heteroatoms. The molecule has 0 radical (unpaired) electrons. The van der Waals surface area contributed by atoms with Gasteiger partial charge in [0.25, 0.3) is 5.69 Å². The summed E-state index contributed by atoms with van der Waals surface area (Å²) in [6.45, 7) is 3.26. The lowest BCUT2D eigenvalue weighted by Crippen LogP contribution is -2.23. The minimum Gasteiger partial charge on any atom is -0.497 e. The minimum absolute atomic E-state index is 0.0780. The molecule has 0 bridgehead atoms. The van der Waals surface area contributed by atoms with Gasteiger partial charge in [0.15, 0.2) is 0 Å². The smallest absolute Gasteiger partial charge is 0.270 e. The maximum Gasteiger partial charge on any atom is 0.270 e. The van der Waals surface area contributed by atoms with E-state index in [0.717, 1.165) is 11.3 Å². The molecule has 0 aliphatic heterocycles. The number of hydrogen-bond donors (Lipinski definition) is 0. The molecule has 0 fully saturated rings. The fourth-order valence-electron chi connectivity index (χ4n) is 2.32. The Morgan fingerprint density at radius 1 is 1.26 bits per heavy atom. The fraction of sp³-hybridized carbons (Fsp3) is 0.235. The van der Waals surface area contributed by atoms with E-state index in [-0.39, 0.29) is 5.69 Å². The Labute approximate surface area is 134 Å². The summed E-state index contributed by atoms with van der Waals surface area (Å²) in [5.41, 5.74) is 1.98. The highest BCUT2D eigenvalue weighted by Gasteiger charge is 2.15. The molecule has 0 aromatic heterocycles. The van der Waals surface area contributed by atoms with Crippen LogP contribution in [0.1, 0.15) is 18.1 Å². The summed E-state index contributed by atoms with van der Waals surface area (Å²) in [7, 11) is 1.61. The molecule has 0 N–H and O–H groups in total. The summed E-state index contributed by atoms with van der Waals surface area (Å²) in [5, 5.41) is 20.1. The zero-order chi connectivity index (χ0) is 16.8. The predicted molar refractivity (Wildman–Crippen MR) is 87.5 cm³/mol. The van der Waals surface area contributed by atoms with E-state index in [9.17, 15) is 15.4 Å². The van der Waals surface area contributed by atoms with Crippen molar-refractivity contribution >= 4 is 11.4 Å². The standard InChI is InChI=1S/C17H17N3O3/c1-3-19(12-13-4-7-16(23-2)8-5-13)17-9-6-15(20(21)22)10-14(17)11-18/h4-10H,3,12H2,1-2H3. The molecule has 0 aliphatic carbocycles. The molecule has 0 amide bonds. The van der Waals surface area contributed by atoms with Crippen LogP contribution < -0.4 is 9.64 Å². The zero-order valence-corrected chi connectivity index (χ0v) is 13.0. The third-order valence-corrected chi connectivity index (χ3v) is 3.57. The van der Waals surface area contributed by atoms with Crippen LogP contribution in [-0.2, 0) is 6.54 Å². The van der Waals surface area contributed by atoms with E-state index in [1.165, 1.54) is 12.1 Å². The second kappa shape index (κ2) is 7.27. The Kier molecular flexibility index (Phi) is 5.15. The Morgan fingerprint density at radius 3 is 2.48 bits per heavy atom. The Bertz CT molecular complexity index is 736. The van der Waals surface area contributed by atoms with Gasteiger partial charge in [0.2, 0.25) is 0 Å². The van der Waals surface area contributed by atoms with Gasteiger partial charge in [-0.25, -0.2) is 0 Å². The SMILES string of the molecule is CCN(Cc1ccc(OC)cc1)c1ccc([N+](=O)[O-])cc1C#N. The molecule has 23 heavy (non-hydrogen) atoms. The van der Waals surface area contributed by atoms with Crippen LogP contribution in [-0.4, -0.2) is 18.6 Å². The normalized spacial score (nSPS) is 9.96. The number of rotatable bonds is 6. The second-order valence-electron chi connectivity index (χ2n) is 4.93. The van der Waals surface area contributed by atoms with E-state index in [1.807, 2.05) is 42.2 Å². The van der Waals surface area contributed by atoms with Crippen LogP contribution in [0.25, 0.3) is 0 Å². The number of nitro benzene ring substituents is 1. The van der Waals surface area contributed by atoms with Gasteiger partial charge in [0.05, 0.1) is 23.3 Å². The lowest BCUT2D eigenvalue weighted by Gasteiger charge is -2.24. The van der Waals surface area contributed by atoms with Gasteiger partial charge in [-0.15, -0.1) is 0 Å². The van der Waals surface area contributed by atoms with Crippen molar-refractivity contribution in [3.05, 3.63) is 63.7 Å². The number of anilines is 1. The third-order valence-electron chi connectivity index (χ3n) is 3.57. The molecular weight excluding hydrogens is 294 g/mol. The third kappa shape index (κ3) is 3.77. The van der Waals surface area contributed by atoms with Gasteiger partial charge in [-0.2, -0.15) is 5.26 Å². The number of nitriles is 1. The van der Waals surface area contributed by atoms with Crippen molar-refractivity contribution in [2.45, 2.75) is 13.5 Å². The predicted octanol–water partition coefficient (Wildman–Crippen LogP) is 3.50. The number of methoxy groups -OCH3 is 1. The van der Waals surface area contributed by atoms with Crippen molar-refractivity contribution in [3.8, 4) is 11.8 Å². The molecular formula is C17H17N3O3. The van der Waals surface area contributed by atoms with Crippen LogP contribution in [0.15, 0.2) is 42.5 Å². The molecule has 0 heterocycles. The largest absolute Gasteiger partial charge is 0.497 e. The average Bonchev–Trinajstić information content (AvgIpc) is 2.59. The molecule has 2 aromatic carbocycles. The number of nitrogens with zero attached hydrogens (tertiary/aromatic N) is 3. The van der Waals surface area contributed by atoms with Gasteiger partial charge in [0, 0.05) is 25.2 Å². The van der Waals surface area contributed by atoms with Crippen molar-refractivity contribution in [1.29, 1.82) is 5.26 Å². The molecule has 0 saturated carbocycles. The van der Waals surface area contributed by atoms with Gasteiger partial charge in [-0.1, -0.05) is 12.1 Å². The van der Waals surface area contributed by atoms with E-state index in [1.54, 1.807) is 13.2 Å². The number of ether oxygens (including phenoxy) is 1. The van der Waals surface area contributed by atoms with E-state index >= 15 is 0 Å². The molecule has 2 aromatic rings. The summed E-state index contributed by atoms with van der Waals surface area (Å²) in [5.74, 6) is 0.782. The maximum absolute atomic E-state index is 10.8. The highest BCUT2D eigenvalue weighted by Crippen LogP contribution is 2.26. The molecule has 0 atom stereocenters. The summed E-state index contributed by atoms with van der Waals surface area (Å²) in [4.78, 5) is 12.4. The van der Waals surface area contributed by atoms with Crippen molar-refractivity contribution in [1.82, 2.24) is 0 Å². The zero-order valence-electron chi connectivity index (χ0n) is 13.0. The Balaban J connectivity index is 2.29. The monoisotopic (exact) mass is 311 g/mol. The first-order valence-corrected chi connectivity index (χ1v) is 7.15. The van der Waals surface area contributed by atoms with Crippen LogP contribution in [0, 0.1) is 21.4 Å². The molecule has 6 nitrogen and oxygen atoms in total. The van der Waals surface area contributed by atoms with Crippen LogP contribution in [0.4, 0.5) is 11.4 Å². The van der Waals surface area contributed by atoms with Crippen LogP contribution in [0.2, 0.25) is 0 Å². The van der Waals surface area contributed by atoms with Crippen LogP contribution >= 0.6 is 0 Å². The molecule has 0 unspecified atom stereocenters. The van der Waals surface area contributed by atoms with Gasteiger partial charge in [0.1, 0.15) is 11.8 Å². The Hall–Kier alpha value is -3.07. The van der Waals surface area contributed by atoms with Crippen molar-refractivity contribution in [2.24, 2.45) is 0 Å². The van der Waals surface area contributed by atoms with Gasteiger partial charge >= 0.3 is 0 Å². The second-order valence-corrected chi connectivity index (χ2v) is 4.93. The molecule has 0 saturated heterocycles. The number of non-ortho nitro benzene ring substituents is 1. The summed E-state index contributed by atoms with van der Waals surface area (Å²) < 4.78 is 5.14. The highest BCUT2D eigenvalue weighted by atomic mass is 16.6. The van der Waals surface area contributed by atoms with Gasteiger partial charge < -0.3 is 9.64 Å². The van der Waals surface area contributed by atoms with Gasteiger partial charge in [-0.05, 0) is 30.7 Å². The fourth-order valence-corrected chi connectivity index (χ4v) is 2.32. The quantitative estimate of drug-likeness (QED) is 0.602. The topological polar surface area (TPSA) is 79.4 Å². The lowest BCUT2D eigenvalue weighted by atomic mass is 10.1. The number of benzene rings is 2.